The summed E-state index contributed by atoms with van der Waals surface area (Å²) in [5, 5.41) is 3.16. The van der Waals surface area contributed by atoms with Crippen LogP contribution in [0.15, 0.2) is 36.4 Å². The van der Waals surface area contributed by atoms with Crippen LogP contribution in [-0.4, -0.2) is 33.2 Å². The lowest BCUT2D eigenvalue weighted by Gasteiger charge is -2.35. The Bertz CT molecular complexity index is 863. The maximum atomic E-state index is 12.3. The maximum absolute atomic E-state index is 12.3. The molecule has 156 valence electrons. The van der Waals surface area contributed by atoms with Crippen LogP contribution in [0.1, 0.15) is 42.1 Å². The van der Waals surface area contributed by atoms with Gasteiger partial charge in [0.25, 0.3) is 0 Å². The fourth-order valence-electron chi connectivity index (χ4n) is 4.09. The molecule has 2 aromatic carbocycles. The second-order valence-electron chi connectivity index (χ2n) is 8.12. The highest BCUT2D eigenvalue weighted by atomic mass is 16.5. The highest BCUT2D eigenvalue weighted by molar-refractivity contribution is 5.77. The van der Waals surface area contributed by atoms with Gasteiger partial charge in [-0.1, -0.05) is 38.1 Å². The summed E-state index contributed by atoms with van der Waals surface area (Å²) >= 11 is 0. The number of methoxy groups -OCH3 is 2. The standard InChI is InChI=1S/C24H32N2O3/c1-16(2)24(27)25-14-21-20-13-23(29-5)22(28-4)12-18(20)10-11-26(21)15-19-9-7-6-8-17(19)3/h6-9,12-13,16,21H,10-11,14-15H2,1-5H3,(H,25,27)/p+1/t21-/m1/s1. The highest BCUT2D eigenvalue weighted by Gasteiger charge is 2.33. The van der Waals surface area contributed by atoms with Gasteiger partial charge in [0.2, 0.25) is 5.91 Å². The van der Waals surface area contributed by atoms with Gasteiger partial charge >= 0.3 is 0 Å². The van der Waals surface area contributed by atoms with E-state index in [2.05, 4.69) is 48.6 Å². The normalized spacial score (nSPS) is 18.3. The number of ether oxygens (including phenoxy) is 2. The van der Waals surface area contributed by atoms with Crippen molar-refractivity contribution in [2.24, 2.45) is 5.92 Å². The lowest BCUT2D eigenvalue weighted by molar-refractivity contribution is -0.945. The third kappa shape index (κ3) is 4.73. The first-order valence-electron chi connectivity index (χ1n) is 10.4. The van der Waals surface area contributed by atoms with E-state index in [1.165, 1.54) is 27.2 Å². The van der Waals surface area contributed by atoms with Crippen molar-refractivity contribution >= 4 is 5.91 Å². The van der Waals surface area contributed by atoms with Crippen LogP contribution in [-0.2, 0) is 17.8 Å². The second kappa shape index (κ2) is 9.31. The summed E-state index contributed by atoms with van der Waals surface area (Å²) in [7, 11) is 3.34. The second-order valence-corrected chi connectivity index (χ2v) is 8.12. The smallest absolute Gasteiger partial charge is 0.222 e. The molecule has 0 saturated carbocycles. The lowest BCUT2D eigenvalue weighted by Crippen LogP contribution is -3.12. The fraction of sp³-hybridized carbons (Fsp3) is 0.458. The maximum Gasteiger partial charge on any atom is 0.222 e. The van der Waals surface area contributed by atoms with Crippen molar-refractivity contribution in [1.82, 2.24) is 5.32 Å². The SMILES string of the molecule is COc1cc2c(cc1OC)[C@@H](CNC(=O)C(C)C)[NH+](Cc1ccccc1C)CC2. The van der Waals surface area contributed by atoms with Gasteiger partial charge in [0.1, 0.15) is 12.6 Å². The number of rotatable bonds is 7. The minimum atomic E-state index is -0.0247. The Morgan fingerprint density at radius 1 is 1.17 bits per heavy atom. The summed E-state index contributed by atoms with van der Waals surface area (Å²) in [6.45, 7) is 8.57. The van der Waals surface area contributed by atoms with E-state index >= 15 is 0 Å². The van der Waals surface area contributed by atoms with Crippen molar-refractivity contribution in [2.75, 3.05) is 27.3 Å². The highest BCUT2D eigenvalue weighted by Crippen LogP contribution is 2.34. The largest absolute Gasteiger partial charge is 0.493 e. The average molecular weight is 398 g/mol. The minimum Gasteiger partial charge on any atom is -0.493 e. The molecule has 0 spiro atoms. The van der Waals surface area contributed by atoms with Gasteiger partial charge in [-0.25, -0.2) is 0 Å². The number of fused-ring (bicyclic) bond motifs is 1. The van der Waals surface area contributed by atoms with Crippen LogP contribution in [0.25, 0.3) is 0 Å². The first kappa shape index (κ1) is 21.2. The van der Waals surface area contributed by atoms with Crippen molar-refractivity contribution < 1.29 is 19.2 Å². The number of hydrogen-bond donors (Lipinski definition) is 2. The van der Waals surface area contributed by atoms with Crippen LogP contribution in [0, 0.1) is 12.8 Å². The molecular weight excluding hydrogens is 364 g/mol. The summed E-state index contributed by atoms with van der Waals surface area (Å²) in [5.74, 6) is 1.57. The van der Waals surface area contributed by atoms with Crippen molar-refractivity contribution in [3.63, 3.8) is 0 Å². The molecule has 0 aromatic heterocycles. The molecule has 0 radical (unpaired) electrons. The number of hydrogen-bond acceptors (Lipinski definition) is 3. The van der Waals surface area contributed by atoms with E-state index in [4.69, 9.17) is 9.47 Å². The molecular formula is C24H33N2O3+. The Kier molecular flexibility index (Phi) is 6.80. The summed E-state index contributed by atoms with van der Waals surface area (Å²) in [6.07, 6.45) is 0.978. The van der Waals surface area contributed by atoms with Gasteiger partial charge in [-0.2, -0.15) is 0 Å². The molecule has 0 bridgehead atoms. The molecule has 1 aliphatic rings. The number of benzene rings is 2. The van der Waals surface area contributed by atoms with E-state index < -0.39 is 0 Å². The Labute approximate surface area is 174 Å². The number of amides is 1. The van der Waals surface area contributed by atoms with Gasteiger partial charge in [0, 0.05) is 23.5 Å². The molecule has 2 atom stereocenters. The summed E-state index contributed by atoms with van der Waals surface area (Å²) < 4.78 is 11.1. The van der Waals surface area contributed by atoms with Crippen molar-refractivity contribution in [3.8, 4) is 11.5 Å². The average Bonchev–Trinajstić information content (AvgIpc) is 2.72. The van der Waals surface area contributed by atoms with Gasteiger partial charge in [0.15, 0.2) is 11.5 Å². The summed E-state index contributed by atoms with van der Waals surface area (Å²) in [6, 6.07) is 12.9. The fourth-order valence-corrected chi connectivity index (χ4v) is 4.09. The van der Waals surface area contributed by atoms with Crippen LogP contribution >= 0.6 is 0 Å². The van der Waals surface area contributed by atoms with E-state index in [0.717, 1.165) is 31.0 Å². The molecule has 1 unspecified atom stereocenters. The molecule has 5 heteroatoms. The van der Waals surface area contributed by atoms with Gasteiger partial charge in [0.05, 0.1) is 27.3 Å². The number of carbonyl (C=O) groups excluding carboxylic acids is 1. The number of aryl methyl sites for hydroxylation is 1. The summed E-state index contributed by atoms with van der Waals surface area (Å²) in [5.41, 5.74) is 5.18. The number of quaternary nitrogens is 1. The predicted molar refractivity (Wildman–Crippen MR) is 115 cm³/mol. The quantitative estimate of drug-likeness (QED) is 0.755. The first-order valence-corrected chi connectivity index (χ1v) is 10.4. The molecule has 2 N–H and O–H groups in total. The van der Waals surface area contributed by atoms with Gasteiger partial charge in [-0.05, 0) is 30.2 Å². The third-order valence-corrected chi connectivity index (χ3v) is 5.91. The monoisotopic (exact) mass is 397 g/mol. The van der Waals surface area contributed by atoms with Crippen molar-refractivity contribution in [1.29, 1.82) is 0 Å². The van der Waals surface area contributed by atoms with E-state index in [1.54, 1.807) is 14.2 Å². The molecule has 1 aliphatic heterocycles. The van der Waals surface area contributed by atoms with E-state index in [0.29, 0.717) is 6.54 Å². The van der Waals surface area contributed by atoms with E-state index in [9.17, 15) is 4.79 Å². The van der Waals surface area contributed by atoms with Crippen LogP contribution in [0.5, 0.6) is 11.5 Å². The molecule has 29 heavy (non-hydrogen) atoms. The molecule has 1 amide bonds. The predicted octanol–water partition coefficient (Wildman–Crippen LogP) is 2.47. The van der Waals surface area contributed by atoms with Crippen LogP contribution < -0.4 is 19.7 Å². The summed E-state index contributed by atoms with van der Waals surface area (Å²) in [4.78, 5) is 13.7. The Morgan fingerprint density at radius 2 is 1.86 bits per heavy atom. The number of nitrogens with one attached hydrogen (secondary N) is 2. The molecule has 5 nitrogen and oxygen atoms in total. The number of carbonyl (C=O) groups is 1. The Hall–Kier alpha value is -2.53. The van der Waals surface area contributed by atoms with Crippen molar-refractivity contribution in [3.05, 3.63) is 58.7 Å². The molecule has 0 fully saturated rings. The zero-order chi connectivity index (χ0) is 21.0. The Morgan fingerprint density at radius 3 is 2.52 bits per heavy atom. The molecule has 0 saturated heterocycles. The van der Waals surface area contributed by atoms with Gasteiger partial charge in [-0.15, -0.1) is 0 Å². The van der Waals surface area contributed by atoms with Crippen molar-refractivity contribution in [2.45, 2.75) is 39.8 Å². The minimum absolute atomic E-state index is 0.0247. The van der Waals surface area contributed by atoms with Gasteiger partial charge < -0.3 is 19.7 Å². The topological polar surface area (TPSA) is 52.0 Å². The molecule has 0 aliphatic carbocycles. The first-order chi connectivity index (χ1) is 13.9. The zero-order valence-electron chi connectivity index (χ0n) is 18.2. The lowest BCUT2D eigenvalue weighted by atomic mass is 9.91. The molecule has 1 heterocycles. The van der Waals surface area contributed by atoms with E-state index in [-0.39, 0.29) is 17.9 Å². The molecule has 3 rings (SSSR count). The van der Waals surface area contributed by atoms with E-state index in [1.807, 2.05) is 13.8 Å². The zero-order valence-corrected chi connectivity index (χ0v) is 18.2. The molecule has 2 aromatic rings. The van der Waals surface area contributed by atoms with Gasteiger partial charge in [-0.3, -0.25) is 4.79 Å². The van der Waals surface area contributed by atoms with Crippen LogP contribution in [0.3, 0.4) is 0 Å². The Balaban J connectivity index is 1.94. The van der Waals surface area contributed by atoms with Crippen LogP contribution in [0.2, 0.25) is 0 Å². The third-order valence-electron chi connectivity index (χ3n) is 5.91. The van der Waals surface area contributed by atoms with Crippen LogP contribution in [0.4, 0.5) is 0 Å².